The van der Waals surface area contributed by atoms with Crippen LogP contribution in [0, 0.1) is 18.3 Å². The highest BCUT2D eigenvalue weighted by Gasteiger charge is 2.19. The van der Waals surface area contributed by atoms with Crippen molar-refractivity contribution in [3.05, 3.63) is 46.8 Å². The minimum absolute atomic E-state index is 0.0543. The molecule has 0 aliphatic heterocycles. The number of carbonyl (C=O) groups excluding carboxylic acids is 3. The summed E-state index contributed by atoms with van der Waals surface area (Å²) in [7, 11) is 0. The SMILES string of the molecule is Cc1cccc(NC(=O)CSCC(=O)O[C@@H](C)C(=O)Nc2sccc2C#N)c1. The summed E-state index contributed by atoms with van der Waals surface area (Å²) in [5.74, 6) is -1.31. The lowest BCUT2D eigenvalue weighted by atomic mass is 10.2. The largest absolute Gasteiger partial charge is 0.452 e. The van der Waals surface area contributed by atoms with Crippen LogP contribution in [0.2, 0.25) is 0 Å². The van der Waals surface area contributed by atoms with Crippen LogP contribution in [0.15, 0.2) is 35.7 Å². The lowest BCUT2D eigenvalue weighted by Gasteiger charge is -2.13. The van der Waals surface area contributed by atoms with E-state index in [0.29, 0.717) is 16.3 Å². The summed E-state index contributed by atoms with van der Waals surface area (Å²) < 4.78 is 5.07. The number of nitrogens with zero attached hydrogens (tertiary/aromatic N) is 1. The number of carbonyl (C=O) groups is 3. The summed E-state index contributed by atoms with van der Waals surface area (Å²) in [4.78, 5) is 35.8. The first-order valence-electron chi connectivity index (χ1n) is 8.31. The van der Waals surface area contributed by atoms with Gasteiger partial charge in [0.05, 0.1) is 17.1 Å². The number of hydrogen-bond donors (Lipinski definition) is 2. The predicted molar refractivity (Wildman–Crippen MR) is 110 cm³/mol. The van der Waals surface area contributed by atoms with Crippen molar-refractivity contribution in [2.45, 2.75) is 20.0 Å². The number of ether oxygens (including phenoxy) is 1. The molecule has 28 heavy (non-hydrogen) atoms. The molecular formula is C19H19N3O4S2. The van der Waals surface area contributed by atoms with E-state index < -0.39 is 18.0 Å². The third-order valence-electron chi connectivity index (χ3n) is 3.45. The van der Waals surface area contributed by atoms with E-state index in [4.69, 9.17) is 10.00 Å². The Bertz CT molecular complexity index is 905. The average Bonchev–Trinajstić information content (AvgIpc) is 3.08. The number of benzene rings is 1. The Hall–Kier alpha value is -2.83. The zero-order chi connectivity index (χ0) is 20.5. The van der Waals surface area contributed by atoms with Crippen LogP contribution in [-0.2, 0) is 19.1 Å². The fourth-order valence-corrected chi connectivity index (χ4v) is 3.47. The first-order valence-corrected chi connectivity index (χ1v) is 10.3. The zero-order valence-electron chi connectivity index (χ0n) is 15.4. The van der Waals surface area contributed by atoms with Gasteiger partial charge in [-0.1, -0.05) is 12.1 Å². The molecule has 2 amide bonds. The Morgan fingerprint density at radius 1 is 1.25 bits per heavy atom. The molecule has 7 nitrogen and oxygen atoms in total. The molecule has 2 N–H and O–H groups in total. The number of aryl methyl sites for hydroxylation is 1. The van der Waals surface area contributed by atoms with Crippen LogP contribution >= 0.6 is 23.1 Å². The van der Waals surface area contributed by atoms with Gasteiger partial charge >= 0.3 is 5.97 Å². The second-order valence-corrected chi connectivity index (χ2v) is 7.71. The molecule has 9 heteroatoms. The van der Waals surface area contributed by atoms with E-state index in [1.807, 2.05) is 31.2 Å². The molecule has 1 aromatic carbocycles. The maximum Gasteiger partial charge on any atom is 0.316 e. The molecule has 0 fully saturated rings. The van der Waals surface area contributed by atoms with Crippen LogP contribution in [0.1, 0.15) is 18.1 Å². The maximum atomic E-state index is 12.1. The van der Waals surface area contributed by atoms with Gasteiger partial charge in [-0.2, -0.15) is 5.26 Å². The van der Waals surface area contributed by atoms with Crippen molar-refractivity contribution in [3.8, 4) is 6.07 Å². The molecule has 1 atom stereocenters. The summed E-state index contributed by atoms with van der Waals surface area (Å²) in [6.07, 6.45) is -1.01. The molecule has 2 aromatic rings. The maximum absolute atomic E-state index is 12.1. The van der Waals surface area contributed by atoms with E-state index in [1.165, 1.54) is 18.3 Å². The number of hydrogen-bond acceptors (Lipinski definition) is 7. The third kappa shape index (κ3) is 6.72. The second kappa shape index (κ2) is 10.5. The molecule has 0 spiro atoms. The van der Waals surface area contributed by atoms with E-state index >= 15 is 0 Å². The summed E-state index contributed by atoms with van der Waals surface area (Å²) in [5, 5.41) is 16.3. The van der Waals surface area contributed by atoms with Gasteiger partial charge in [-0.15, -0.1) is 23.1 Å². The van der Waals surface area contributed by atoms with Crippen molar-refractivity contribution in [2.75, 3.05) is 22.1 Å². The Balaban J connectivity index is 1.70. The molecule has 0 aliphatic rings. The number of thiophene rings is 1. The molecular weight excluding hydrogens is 398 g/mol. The third-order valence-corrected chi connectivity index (χ3v) is 5.19. The van der Waals surface area contributed by atoms with Gasteiger partial charge in [0.25, 0.3) is 5.91 Å². The fourth-order valence-electron chi connectivity index (χ4n) is 2.14. The Morgan fingerprint density at radius 3 is 2.75 bits per heavy atom. The first kappa shape index (κ1) is 21.5. The van der Waals surface area contributed by atoms with Crippen molar-refractivity contribution in [1.82, 2.24) is 0 Å². The Labute approximate surface area is 171 Å². The van der Waals surface area contributed by atoms with Crippen molar-refractivity contribution in [2.24, 2.45) is 0 Å². The number of amides is 2. The molecule has 146 valence electrons. The fraction of sp³-hybridized carbons (Fsp3) is 0.263. The molecule has 0 radical (unpaired) electrons. The summed E-state index contributed by atoms with van der Waals surface area (Å²) in [6.45, 7) is 3.37. The molecule has 0 bridgehead atoms. The lowest BCUT2D eigenvalue weighted by Crippen LogP contribution is -2.30. The topological polar surface area (TPSA) is 108 Å². The number of anilines is 2. The van der Waals surface area contributed by atoms with Crippen molar-refractivity contribution >= 4 is 51.6 Å². The minimum Gasteiger partial charge on any atom is -0.452 e. The van der Waals surface area contributed by atoms with Crippen molar-refractivity contribution in [3.63, 3.8) is 0 Å². The smallest absolute Gasteiger partial charge is 0.316 e. The monoisotopic (exact) mass is 417 g/mol. The standard InChI is InChI=1S/C19H19N3O4S2/c1-12-4-3-5-15(8-12)21-16(23)10-27-11-17(24)26-13(2)18(25)22-19-14(9-20)6-7-28-19/h3-8,13H,10-11H2,1-2H3,(H,21,23)(H,22,25)/t13-/m0/s1. The van der Waals surface area contributed by atoms with Crippen LogP contribution < -0.4 is 10.6 Å². The van der Waals surface area contributed by atoms with Gasteiger partial charge < -0.3 is 15.4 Å². The number of rotatable bonds is 8. The molecule has 0 unspecified atom stereocenters. The van der Waals surface area contributed by atoms with Gasteiger partial charge in [0.2, 0.25) is 5.91 Å². The molecule has 0 saturated heterocycles. The van der Waals surface area contributed by atoms with Gasteiger partial charge in [-0.3, -0.25) is 14.4 Å². The highest BCUT2D eigenvalue weighted by Crippen LogP contribution is 2.22. The highest BCUT2D eigenvalue weighted by molar-refractivity contribution is 8.00. The first-order chi connectivity index (χ1) is 13.4. The van der Waals surface area contributed by atoms with Gasteiger partial charge in [0.1, 0.15) is 11.1 Å². The molecule has 1 aromatic heterocycles. The minimum atomic E-state index is -1.01. The molecule has 0 saturated carbocycles. The molecule has 1 heterocycles. The van der Waals surface area contributed by atoms with E-state index in [9.17, 15) is 14.4 Å². The Kier molecular flexibility index (Phi) is 8.04. The summed E-state index contributed by atoms with van der Waals surface area (Å²) >= 11 is 2.31. The van der Waals surface area contributed by atoms with Crippen LogP contribution in [0.3, 0.4) is 0 Å². The number of nitriles is 1. The normalized spacial score (nSPS) is 11.2. The second-order valence-electron chi connectivity index (χ2n) is 5.81. The number of thioether (sulfide) groups is 1. The van der Waals surface area contributed by atoms with Gasteiger partial charge in [-0.05, 0) is 43.0 Å². The van der Waals surface area contributed by atoms with Gasteiger partial charge in [-0.25, -0.2) is 0 Å². The van der Waals surface area contributed by atoms with E-state index in [1.54, 1.807) is 17.5 Å². The van der Waals surface area contributed by atoms with Crippen LogP contribution in [0.5, 0.6) is 0 Å². The molecule has 0 aliphatic carbocycles. The van der Waals surface area contributed by atoms with Crippen LogP contribution in [-0.4, -0.2) is 35.4 Å². The lowest BCUT2D eigenvalue weighted by molar-refractivity contribution is -0.150. The van der Waals surface area contributed by atoms with Crippen LogP contribution in [0.4, 0.5) is 10.7 Å². The van der Waals surface area contributed by atoms with Crippen LogP contribution in [0.25, 0.3) is 0 Å². The van der Waals surface area contributed by atoms with E-state index in [-0.39, 0.29) is 17.4 Å². The Morgan fingerprint density at radius 2 is 2.04 bits per heavy atom. The number of nitrogens with one attached hydrogen (secondary N) is 2. The van der Waals surface area contributed by atoms with Crippen molar-refractivity contribution < 1.29 is 19.1 Å². The quantitative estimate of drug-likeness (QED) is 0.639. The van der Waals surface area contributed by atoms with E-state index in [0.717, 1.165) is 17.3 Å². The van der Waals surface area contributed by atoms with Gasteiger partial charge in [0.15, 0.2) is 6.10 Å². The number of esters is 1. The summed E-state index contributed by atoms with van der Waals surface area (Å²) in [5.41, 5.74) is 2.08. The predicted octanol–water partition coefficient (Wildman–Crippen LogP) is 3.17. The van der Waals surface area contributed by atoms with Crippen molar-refractivity contribution in [1.29, 1.82) is 5.26 Å². The highest BCUT2D eigenvalue weighted by atomic mass is 32.2. The molecule has 2 rings (SSSR count). The van der Waals surface area contributed by atoms with Gasteiger partial charge in [0, 0.05) is 5.69 Å². The summed E-state index contributed by atoms with van der Waals surface area (Å²) in [6, 6.07) is 11.0. The zero-order valence-corrected chi connectivity index (χ0v) is 17.0. The van der Waals surface area contributed by atoms with E-state index in [2.05, 4.69) is 10.6 Å². The average molecular weight is 418 g/mol.